The van der Waals surface area contributed by atoms with Crippen LogP contribution in [0.2, 0.25) is 0 Å². The first-order valence-electron chi connectivity index (χ1n) is 6.38. The Kier molecular flexibility index (Phi) is 3.88. The molecule has 0 atom stereocenters. The zero-order chi connectivity index (χ0) is 13.0. The van der Waals surface area contributed by atoms with E-state index in [0.29, 0.717) is 0 Å². The van der Waals surface area contributed by atoms with Gasteiger partial charge in [-0.25, -0.2) is 0 Å². The van der Waals surface area contributed by atoms with Gasteiger partial charge in [0.1, 0.15) is 11.5 Å². The number of nitrogen functional groups attached to an aromatic ring is 1. The summed E-state index contributed by atoms with van der Waals surface area (Å²) < 4.78 is 5.82. The standard InChI is InChI=1S/C16H19NO/c1-3-12-5-7-14(8-6-12)18-15-9-10-16(17)13(4-2)11-15/h5-11H,3-4,17H2,1-2H3. The minimum absolute atomic E-state index is 0.825. The van der Waals surface area contributed by atoms with Crippen molar-refractivity contribution in [3.8, 4) is 11.5 Å². The van der Waals surface area contributed by atoms with E-state index < -0.39 is 0 Å². The Balaban J connectivity index is 2.17. The number of anilines is 1. The van der Waals surface area contributed by atoms with Gasteiger partial charge in [-0.2, -0.15) is 0 Å². The van der Waals surface area contributed by atoms with Crippen molar-refractivity contribution in [1.82, 2.24) is 0 Å². The smallest absolute Gasteiger partial charge is 0.127 e. The summed E-state index contributed by atoms with van der Waals surface area (Å²) in [6.07, 6.45) is 1.96. The first-order valence-corrected chi connectivity index (χ1v) is 6.38. The van der Waals surface area contributed by atoms with Gasteiger partial charge in [0.15, 0.2) is 0 Å². The Morgan fingerprint density at radius 3 is 2.17 bits per heavy atom. The van der Waals surface area contributed by atoms with Crippen LogP contribution < -0.4 is 10.5 Å². The Morgan fingerprint density at radius 2 is 1.56 bits per heavy atom. The van der Waals surface area contributed by atoms with Gasteiger partial charge in [-0.05, 0) is 54.3 Å². The van der Waals surface area contributed by atoms with Gasteiger partial charge in [-0.3, -0.25) is 0 Å². The van der Waals surface area contributed by atoms with Gasteiger partial charge in [0, 0.05) is 5.69 Å². The lowest BCUT2D eigenvalue weighted by Gasteiger charge is -2.09. The molecular weight excluding hydrogens is 222 g/mol. The van der Waals surface area contributed by atoms with E-state index in [0.717, 1.165) is 35.6 Å². The summed E-state index contributed by atoms with van der Waals surface area (Å²) in [6, 6.07) is 14.0. The van der Waals surface area contributed by atoms with E-state index >= 15 is 0 Å². The molecule has 18 heavy (non-hydrogen) atoms. The number of nitrogens with two attached hydrogens (primary N) is 1. The van der Waals surface area contributed by atoms with Gasteiger partial charge >= 0.3 is 0 Å². The fourth-order valence-electron chi connectivity index (χ4n) is 1.88. The largest absolute Gasteiger partial charge is 0.457 e. The summed E-state index contributed by atoms with van der Waals surface area (Å²) in [5, 5.41) is 0. The molecule has 0 aromatic heterocycles. The van der Waals surface area contributed by atoms with Crippen molar-refractivity contribution in [3.05, 3.63) is 53.6 Å². The molecule has 0 fully saturated rings. The van der Waals surface area contributed by atoms with Crippen LogP contribution in [0.25, 0.3) is 0 Å². The van der Waals surface area contributed by atoms with E-state index in [1.807, 2.05) is 30.3 Å². The monoisotopic (exact) mass is 241 g/mol. The first-order chi connectivity index (χ1) is 8.72. The molecule has 2 heteroatoms. The summed E-state index contributed by atoms with van der Waals surface area (Å²) in [7, 11) is 0. The molecule has 94 valence electrons. The van der Waals surface area contributed by atoms with Crippen molar-refractivity contribution in [2.24, 2.45) is 0 Å². The van der Waals surface area contributed by atoms with Crippen molar-refractivity contribution in [1.29, 1.82) is 0 Å². The average Bonchev–Trinajstić information content (AvgIpc) is 2.42. The Morgan fingerprint density at radius 1 is 0.889 bits per heavy atom. The molecule has 0 saturated carbocycles. The van der Waals surface area contributed by atoms with Crippen LogP contribution in [-0.2, 0) is 12.8 Å². The maximum atomic E-state index is 5.88. The summed E-state index contributed by atoms with van der Waals surface area (Å²) in [5.41, 5.74) is 9.14. The zero-order valence-corrected chi connectivity index (χ0v) is 10.9. The van der Waals surface area contributed by atoms with Crippen LogP contribution in [0, 0.1) is 0 Å². The van der Waals surface area contributed by atoms with Crippen molar-refractivity contribution < 1.29 is 4.74 Å². The Bertz CT molecular complexity index is 517. The number of rotatable bonds is 4. The van der Waals surface area contributed by atoms with Crippen LogP contribution in [0.5, 0.6) is 11.5 Å². The molecule has 0 amide bonds. The number of hydrogen-bond acceptors (Lipinski definition) is 2. The number of ether oxygens (including phenoxy) is 1. The highest BCUT2D eigenvalue weighted by atomic mass is 16.5. The third kappa shape index (κ3) is 2.83. The predicted molar refractivity (Wildman–Crippen MR) is 76.1 cm³/mol. The van der Waals surface area contributed by atoms with E-state index in [-0.39, 0.29) is 0 Å². The third-order valence-corrected chi connectivity index (χ3v) is 3.06. The second-order valence-corrected chi connectivity index (χ2v) is 4.31. The summed E-state index contributed by atoms with van der Waals surface area (Å²) in [4.78, 5) is 0. The molecular formula is C16H19NO. The van der Waals surface area contributed by atoms with E-state index in [4.69, 9.17) is 10.5 Å². The van der Waals surface area contributed by atoms with E-state index in [2.05, 4.69) is 26.0 Å². The summed E-state index contributed by atoms with van der Waals surface area (Å²) in [6.45, 7) is 4.23. The van der Waals surface area contributed by atoms with Crippen molar-refractivity contribution >= 4 is 5.69 Å². The van der Waals surface area contributed by atoms with Gasteiger partial charge in [0.25, 0.3) is 0 Å². The third-order valence-electron chi connectivity index (χ3n) is 3.06. The first kappa shape index (κ1) is 12.5. The number of aryl methyl sites for hydroxylation is 2. The molecule has 0 spiro atoms. The van der Waals surface area contributed by atoms with Crippen LogP contribution in [0.1, 0.15) is 25.0 Å². The fraction of sp³-hybridized carbons (Fsp3) is 0.250. The van der Waals surface area contributed by atoms with Crippen molar-refractivity contribution in [2.45, 2.75) is 26.7 Å². The Hall–Kier alpha value is -1.96. The van der Waals surface area contributed by atoms with Crippen molar-refractivity contribution in [2.75, 3.05) is 5.73 Å². The summed E-state index contributed by atoms with van der Waals surface area (Å²) >= 11 is 0. The second kappa shape index (κ2) is 5.58. The van der Waals surface area contributed by atoms with Crippen LogP contribution in [0.3, 0.4) is 0 Å². The fourth-order valence-corrected chi connectivity index (χ4v) is 1.88. The predicted octanol–water partition coefficient (Wildman–Crippen LogP) is 4.19. The lowest BCUT2D eigenvalue weighted by atomic mass is 10.1. The number of benzene rings is 2. The van der Waals surface area contributed by atoms with E-state index in [9.17, 15) is 0 Å². The molecule has 0 bridgehead atoms. The van der Waals surface area contributed by atoms with Crippen LogP contribution in [0.4, 0.5) is 5.69 Å². The Labute approximate surface area is 108 Å². The molecule has 2 aromatic carbocycles. The SMILES string of the molecule is CCc1ccc(Oc2ccc(N)c(CC)c2)cc1. The highest BCUT2D eigenvalue weighted by Crippen LogP contribution is 2.25. The van der Waals surface area contributed by atoms with Gasteiger partial charge in [0.05, 0.1) is 0 Å². The van der Waals surface area contributed by atoms with Crippen LogP contribution in [-0.4, -0.2) is 0 Å². The van der Waals surface area contributed by atoms with Gasteiger partial charge in [0.2, 0.25) is 0 Å². The molecule has 2 nitrogen and oxygen atoms in total. The van der Waals surface area contributed by atoms with Gasteiger partial charge < -0.3 is 10.5 Å². The average molecular weight is 241 g/mol. The molecule has 0 radical (unpaired) electrons. The van der Waals surface area contributed by atoms with Gasteiger partial charge in [-0.15, -0.1) is 0 Å². The molecule has 0 saturated heterocycles. The molecule has 0 unspecified atom stereocenters. The molecule has 2 aromatic rings. The summed E-state index contributed by atoms with van der Waals surface area (Å²) in [5.74, 6) is 1.70. The lowest BCUT2D eigenvalue weighted by molar-refractivity contribution is 0.482. The second-order valence-electron chi connectivity index (χ2n) is 4.31. The number of hydrogen-bond donors (Lipinski definition) is 1. The highest BCUT2D eigenvalue weighted by Gasteiger charge is 2.01. The van der Waals surface area contributed by atoms with Crippen LogP contribution in [0.15, 0.2) is 42.5 Å². The van der Waals surface area contributed by atoms with Gasteiger partial charge in [-0.1, -0.05) is 26.0 Å². The minimum atomic E-state index is 0.825. The highest BCUT2D eigenvalue weighted by molar-refractivity contribution is 5.51. The molecule has 0 aliphatic heterocycles. The normalized spacial score (nSPS) is 10.3. The quantitative estimate of drug-likeness (QED) is 0.815. The maximum Gasteiger partial charge on any atom is 0.127 e. The molecule has 2 N–H and O–H groups in total. The zero-order valence-electron chi connectivity index (χ0n) is 10.9. The topological polar surface area (TPSA) is 35.2 Å². The lowest BCUT2D eigenvalue weighted by Crippen LogP contribution is -1.93. The van der Waals surface area contributed by atoms with E-state index in [1.54, 1.807) is 0 Å². The van der Waals surface area contributed by atoms with E-state index in [1.165, 1.54) is 5.56 Å². The minimum Gasteiger partial charge on any atom is -0.457 e. The molecule has 0 aliphatic carbocycles. The van der Waals surface area contributed by atoms with Crippen molar-refractivity contribution in [3.63, 3.8) is 0 Å². The van der Waals surface area contributed by atoms with Crippen LogP contribution >= 0.6 is 0 Å². The molecule has 0 aliphatic rings. The maximum absolute atomic E-state index is 5.88. The molecule has 0 heterocycles. The molecule has 2 rings (SSSR count).